The van der Waals surface area contributed by atoms with Gasteiger partial charge >= 0.3 is 0 Å². The lowest BCUT2D eigenvalue weighted by atomic mass is 9.97. The van der Waals surface area contributed by atoms with E-state index in [4.69, 9.17) is 0 Å². The van der Waals surface area contributed by atoms with Crippen molar-refractivity contribution in [3.8, 4) is 0 Å². The molecule has 0 radical (unpaired) electrons. The molecule has 0 aliphatic carbocycles. The highest BCUT2D eigenvalue weighted by Gasteiger charge is 2.31. The van der Waals surface area contributed by atoms with E-state index in [1.807, 2.05) is 23.1 Å². The summed E-state index contributed by atoms with van der Waals surface area (Å²) < 4.78 is 41.4. The number of carbonyl (C=O) groups excluding carboxylic acids is 1. The van der Waals surface area contributed by atoms with Crippen LogP contribution < -0.4 is 15.2 Å². The zero-order valence-corrected chi connectivity index (χ0v) is 22.5. The van der Waals surface area contributed by atoms with Crippen LogP contribution in [0.15, 0.2) is 73.6 Å². The van der Waals surface area contributed by atoms with Gasteiger partial charge in [-0.2, -0.15) is 0 Å². The standard InChI is InChI=1S/C31H33F3N4O/c1-6-9-22-11-8-10-20(3)26(22)19-37-21(4)38(14-7-2)36(5)29-13-12-23(15-30(29)37)31(39)35-18-25-27(33)16-24(32)17-28(25)34/h7-8,10-13,15-17H,2,4,6,9,14,18-19H2,1,3,5H3,(H,35,39). The molecule has 0 atom stereocenters. The highest BCUT2D eigenvalue weighted by molar-refractivity contribution is 5.97. The van der Waals surface area contributed by atoms with Crippen LogP contribution >= 0.6 is 0 Å². The Morgan fingerprint density at radius 3 is 2.41 bits per heavy atom. The molecule has 1 N–H and O–H groups in total. The van der Waals surface area contributed by atoms with E-state index >= 15 is 0 Å². The summed E-state index contributed by atoms with van der Waals surface area (Å²) in [6.07, 6.45) is 3.76. The number of fused-ring (bicyclic) bond motifs is 1. The van der Waals surface area contributed by atoms with Gasteiger partial charge in [0.05, 0.1) is 24.5 Å². The molecule has 5 nitrogen and oxygen atoms in total. The van der Waals surface area contributed by atoms with Crippen molar-refractivity contribution < 1.29 is 18.0 Å². The van der Waals surface area contributed by atoms with Gasteiger partial charge < -0.3 is 10.2 Å². The van der Waals surface area contributed by atoms with E-state index in [0.29, 0.717) is 30.8 Å². The van der Waals surface area contributed by atoms with E-state index in [9.17, 15) is 18.0 Å². The number of aryl methyl sites for hydroxylation is 2. The van der Waals surface area contributed by atoms with Gasteiger partial charge in [-0.3, -0.25) is 14.8 Å². The molecule has 1 heterocycles. The highest BCUT2D eigenvalue weighted by atomic mass is 19.1. The first-order chi connectivity index (χ1) is 18.7. The van der Waals surface area contributed by atoms with Crippen LogP contribution in [0.25, 0.3) is 0 Å². The fraction of sp³-hybridized carbons (Fsp3) is 0.258. The Hall–Kier alpha value is -4.20. The third-order valence-corrected chi connectivity index (χ3v) is 7.03. The third kappa shape index (κ3) is 5.65. The van der Waals surface area contributed by atoms with Gasteiger partial charge in [-0.25, -0.2) is 13.2 Å². The van der Waals surface area contributed by atoms with Crippen LogP contribution in [0.3, 0.4) is 0 Å². The summed E-state index contributed by atoms with van der Waals surface area (Å²) in [5.41, 5.74) is 5.19. The molecule has 8 heteroatoms. The number of rotatable bonds is 9. The van der Waals surface area contributed by atoms with Crippen LogP contribution in [-0.2, 0) is 19.5 Å². The van der Waals surface area contributed by atoms with E-state index < -0.39 is 35.5 Å². The maximum Gasteiger partial charge on any atom is 0.251 e. The van der Waals surface area contributed by atoms with Gasteiger partial charge in [-0.1, -0.05) is 44.2 Å². The summed E-state index contributed by atoms with van der Waals surface area (Å²) in [6, 6.07) is 12.7. The second kappa shape index (κ2) is 11.7. The number of halogens is 3. The normalized spacial score (nSPS) is 13.0. The summed E-state index contributed by atoms with van der Waals surface area (Å²) in [4.78, 5) is 15.2. The highest BCUT2D eigenvalue weighted by Crippen LogP contribution is 2.40. The number of hydrogen-bond acceptors (Lipinski definition) is 4. The van der Waals surface area contributed by atoms with Gasteiger partial charge in [0.1, 0.15) is 23.3 Å². The molecule has 0 aromatic heterocycles. The van der Waals surface area contributed by atoms with Crippen molar-refractivity contribution in [2.24, 2.45) is 0 Å². The second-order valence-corrected chi connectivity index (χ2v) is 9.59. The average Bonchev–Trinajstić information content (AvgIpc) is 2.89. The Kier molecular flexibility index (Phi) is 8.33. The Balaban J connectivity index is 1.70. The van der Waals surface area contributed by atoms with Crippen molar-refractivity contribution in [2.45, 2.75) is 39.8 Å². The van der Waals surface area contributed by atoms with Crippen molar-refractivity contribution in [3.63, 3.8) is 0 Å². The zero-order chi connectivity index (χ0) is 28.3. The number of amides is 1. The van der Waals surface area contributed by atoms with Crippen LogP contribution in [0.5, 0.6) is 0 Å². The van der Waals surface area contributed by atoms with Crippen molar-refractivity contribution >= 4 is 17.3 Å². The molecule has 3 aromatic rings. The van der Waals surface area contributed by atoms with E-state index in [-0.39, 0.29) is 0 Å². The van der Waals surface area contributed by atoms with E-state index in [1.54, 1.807) is 18.2 Å². The fourth-order valence-electron chi connectivity index (χ4n) is 4.93. The van der Waals surface area contributed by atoms with E-state index in [0.717, 1.165) is 30.0 Å². The molecule has 0 fully saturated rings. The first kappa shape index (κ1) is 27.8. The molecule has 0 saturated carbocycles. The van der Waals surface area contributed by atoms with Crippen LogP contribution in [0.2, 0.25) is 0 Å². The Morgan fingerprint density at radius 2 is 1.74 bits per heavy atom. The first-order valence-corrected chi connectivity index (χ1v) is 12.9. The topological polar surface area (TPSA) is 38.8 Å². The summed E-state index contributed by atoms with van der Waals surface area (Å²) in [6.45, 7) is 13.2. The smallest absolute Gasteiger partial charge is 0.251 e. The van der Waals surface area contributed by atoms with Crippen molar-refractivity contribution in [1.82, 2.24) is 10.3 Å². The van der Waals surface area contributed by atoms with Gasteiger partial charge in [0, 0.05) is 36.9 Å². The molecule has 0 spiro atoms. The summed E-state index contributed by atoms with van der Waals surface area (Å²) in [7, 11) is 1.92. The molecular formula is C31H33F3N4O. The Bertz CT molecular complexity index is 1400. The molecular weight excluding hydrogens is 501 g/mol. The molecule has 39 heavy (non-hydrogen) atoms. The minimum absolute atomic E-state index is 0.318. The van der Waals surface area contributed by atoms with Crippen LogP contribution in [0, 0.1) is 24.4 Å². The maximum atomic E-state index is 14.1. The largest absolute Gasteiger partial charge is 0.348 e. The first-order valence-electron chi connectivity index (χ1n) is 12.9. The van der Waals surface area contributed by atoms with Crippen molar-refractivity contribution in [2.75, 3.05) is 23.5 Å². The summed E-state index contributed by atoms with van der Waals surface area (Å²) in [5.74, 6) is -2.90. The maximum absolute atomic E-state index is 14.1. The number of nitrogens with zero attached hydrogens (tertiary/aromatic N) is 3. The van der Waals surface area contributed by atoms with Gasteiger partial charge in [0.2, 0.25) is 0 Å². The van der Waals surface area contributed by atoms with Crippen molar-refractivity contribution in [1.29, 1.82) is 0 Å². The van der Waals surface area contributed by atoms with E-state index in [1.165, 1.54) is 16.7 Å². The quantitative estimate of drug-likeness (QED) is 0.313. The number of hydrogen-bond donors (Lipinski definition) is 1. The number of carbonyl (C=O) groups is 1. The SMILES string of the molecule is C=CCN1C(=C)N(Cc2c(C)cccc2CCC)c2cc(C(=O)NCc3c(F)cc(F)cc3F)ccc2N1C. The number of nitrogens with one attached hydrogen (secondary N) is 1. The lowest BCUT2D eigenvalue weighted by Crippen LogP contribution is -2.49. The Morgan fingerprint density at radius 1 is 1.03 bits per heavy atom. The second-order valence-electron chi connectivity index (χ2n) is 9.59. The monoisotopic (exact) mass is 534 g/mol. The average molecular weight is 535 g/mol. The molecule has 0 saturated heterocycles. The molecule has 3 aromatic carbocycles. The lowest BCUT2D eigenvalue weighted by Gasteiger charge is -2.47. The lowest BCUT2D eigenvalue weighted by molar-refractivity contribution is 0.0950. The molecule has 1 amide bonds. The van der Waals surface area contributed by atoms with Crippen LogP contribution in [-0.4, -0.2) is 24.5 Å². The van der Waals surface area contributed by atoms with Gasteiger partial charge in [0.25, 0.3) is 5.91 Å². The minimum Gasteiger partial charge on any atom is -0.348 e. The minimum atomic E-state index is -1.05. The van der Waals surface area contributed by atoms with Gasteiger partial charge in [0.15, 0.2) is 0 Å². The molecule has 0 unspecified atom stereocenters. The predicted molar refractivity (Wildman–Crippen MR) is 150 cm³/mol. The summed E-state index contributed by atoms with van der Waals surface area (Å²) in [5, 5.41) is 6.53. The number of benzene rings is 3. The van der Waals surface area contributed by atoms with E-state index in [2.05, 4.69) is 55.4 Å². The van der Waals surface area contributed by atoms with Gasteiger partial charge in [-0.05, 0) is 48.2 Å². The summed E-state index contributed by atoms with van der Waals surface area (Å²) >= 11 is 0. The predicted octanol–water partition coefficient (Wildman–Crippen LogP) is 6.63. The Labute approximate surface area is 227 Å². The number of anilines is 2. The third-order valence-electron chi connectivity index (χ3n) is 7.03. The molecule has 1 aliphatic rings. The van der Waals surface area contributed by atoms with Crippen LogP contribution in [0.4, 0.5) is 24.5 Å². The molecule has 1 aliphatic heterocycles. The van der Waals surface area contributed by atoms with Crippen molar-refractivity contribution in [3.05, 3.63) is 119 Å². The fourth-order valence-corrected chi connectivity index (χ4v) is 4.93. The molecule has 204 valence electrons. The zero-order valence-electron chi connectivity index (χ0n) is 22.5. The van der Waals surface area contributed by atoms with Gasteiger partial charge in [-0.15, -0.1) is 6.58 Å². The molecule has 0 bridgehead atoms. The number of hydrazine groups is 1. The molecule has 4 rings (SSSR count). The van der Waals surface area contributed by atoms with Crippen LogP contribution in [0.1, 0.15) is 46.0 Å².